The number of halogens is 2. The molecule has 2 aromatic rings. The second-order valence-electron chi connectivity index (χ2n) is 4.29. The minimum Gasteiger partial charge on any atom is -0.390 e. The van der Waals surface area contributed by atoms with Crippen LogP contribution < -0.4 is 5.32 Å². The minimum absolute atomic E-state index is 0.382. The van der Waals surface area contributed by atoms with Crippen LogP contribution in [0.3, 0.4) is 0 Å². The van der Waals surface area contributed by atoms with Gasteiger partial charge in [0, 0.05) is 11.4 Å². The Morgan fingerprint density at radius 1 is 1.16 bits per heavy atom. The summed E-state index contributed by atoms with van der Waals surface area (Å²) in [6.07, 6.45) is 0. The van der Waals surface area contributed by atoms with E-state index < -0.39 is 19.1 Å². The summed E-state index contributed by atoms with van der Waals surface area (Å²) in [5.74, 6) is -3.06. The number of rotatable bonds is 6. The molecule has 2 N–H and O–H groups in total. The highest BCUT2D eigenvalue weighted by molar-refractivity contribution is 7.10. The summed E-state index contributed by atoms with van der Waals surface area (Å²) in [6.45, 7) is -1.26. The Morgan fingerprint density at radius 2 is 1.89 bits per heavy atom. The molecule has 0 aliphatic carbocycles. The van der Waals surface area contributed by atoms with Crippen LogP contribution in [0.4, 0.5) is 8.78 Å². The average molecular weight is 283 g/mol. The van der Waals surface area contributed by atoms with E-state index in [1.54, 1.807) is 0 Å². The van der Waals surface area contributed by atoms with E-state index in [2.05, 4.69) is 5.32 Å². The summed E-state index contributed by atoms with van der Waals surface area (Å²) in [7, 11) is 0. The molecule has 0 saturated carbocycles. The van der Waals surface area contributed by atoms with Gasteiger partial charge in [0.1, 0.15) is 6.61 Å². The molecule has 1 aromatic heterocycles. The van der Waals surface area contributed by atoms with E-state index in [-0.39, 0.29) is 0 Å². The molecule has 0 atom stereocenters. The van der Waals surface area contributed by atoms with Crippen LogP contribution >= 0.6 is 11.3 Å². The lowest BCUT2D eigenvalue weighted by Crippen LogP contribution is -2.35. The summed E-state index contributed by atoms with van der Waals surface area (Å²) in [6, 6.07) is 11.9. The van der Waals surface area contributed by atoms with Gasteiger partial charge in [-0.3, -0.25) is 0 Å². The van der Waals surface area contributed by atoms with Crippen molar-refractivity contribution in [3.8, 4) is 11.1 Å². The Morgan fingerprint density at radius 3 is 2.58 bits per heavy atom. The average Bonchev–Trinajstić information content (AvgIpc) is 2.88. The fourth-order valence-corrected chi connectivity index (χ4v) is 2.54. The standard InChI is InChI=1S/C14H15F2NOS/c15-14(16,10-18)9-17-7-13-6-12(8-19-13)11-4-2-1-3-5-11/h1-6,8,17-18H,7,9-10H2. The van der Waals surface area contributed by atoms with Gasteiger partial charge in [0.05, 0.1) is 6.54 Å². The summed E-state index contributed by atoms with van der Waals surface area (Å²) in [4.78, 5) is 0.993. The first-order chi connectivity index (χ1) is 9.11. The SMILES string of the molecule is OCC(F)(F)CNCc1cc(-c2ccccc2)cs1. The largest absolute Gasteiger partial charge is 0.390 e. The van der Waals surface area contributed by atoms with Gasteiger partial charge in [-0.1, -0.05) is 30.3 Å². The smallest absolute Gasteiger partial charge is 0.282 e. The Labute approximate surface area is 114 Å². The van der Waals surface area contributed by atoms with Crippen molar-refractivity contribution in [3.63, 3.8) is 0 Å². The van der Waals surface area contributed by atoms with Crippen molar-refractivity contribution in [1.82, 2.24) is 5.32 Å². The van der Waals surface area contributed by atoms with Crippen LogP contribution in [0, 0.1) is 0 Å². The first-order valence-electron chi connectivity index (χ1n) is 5.93. The molecule has 0 amide bonds. The van der Waals surface area contributed by atoms with Crippen molar-refractivity contribution in [1.29, 1.82) is 0 Å². The summed E-state index contributed by atoms with van der Waals surface area (Å²) in [5, 5.41) is 13.1. The molecule has 0 fully saturated rings. The number of aliphatic hydroxyl groups excluding tert-OH is 1. The van der Waals surface area contributed by atoms with Gasteiger partial charge in [-0.2, -0.15) is 0 Å². The predicted molar refractivity (Wildman–Crippen MR) is 73.5 cm³/mol. The van der Waals surface area contributed by atoms with E-state index in [4.69, 9.17) is 5.11 Å². The van der Waals surface area contributed by atoms with Gasteiger partial charge in [0.15, 0.2) is 0 Å². The lowest BCUT2D eigenvalue weighted by molar-refractivity contribution is -0.0477. The zero-order valence-electron chi connectivity index (χ0n) is 10.3. The number of aliphatic hydroxyl groups is 1. The van der Waals surface area contributed by atoms with Gasteiger partial charge in [0.25, 0.3) is 5.92 Å². The first kappa shape index (κ1) is 14.1. The van der Waals surface area contributed by atoms with Crippen molar-refractivity contribution in [2.45, 2.75) is 12.5 Å². The van der Waals surface area contributed by atoms with Crippen molar-refractivity contribution in [2.75, 3.05) is 13.2 Å². The third kappa shape index (κ3) is 4.09. The van der Waals surface area contributed by atoms with Crippen molar-refractivity contribution in [2.24, 2.45) is 0 Å². The molecule has 0 saturated heterocycles. The van der Waals surface area contributed by atoms with Crippen LogP contribution in [0.5, 0.6) is 0 Å². The molecule has 0 aliphatic heterocycles. The highest BCUT2D eigenvalue weighted by Gasteiger charge is 2.26. The molecule has 1 aromatic carbocycles. The van der Waals surface area contributed by atoms with Crippen molar-refractivity contribution < 1.29 is 13.9 Å². The quantitative estimate of drug-likeness (QED) is 0.853. The topological polar surface area (TPSA) is 32.3 Å². The number of nitrogens with one attached hydrogen (secondary N) is 1. The van der Waals surface area contributed by atoms with Crippen LogP contribution in [0.15, 0.2) is 41.8 Å². The lowest BCUT2D eigenvalue weighted by atomic mass is 10.1. The van der Waals surface area contributed by atoms with Crippen LogP contribution in [-0.4, -0.2) is 24.2 Å². The summed E-state index contributed by atoms with van der Waals surface area (Å²) in [5.41, 5.74) is 2.21. The summed E-state index contributed by atoms with van der Waals surface area (Å²) >= 11 is 1.53. The Kier molecular flexibility index (Phi) is 4.63. The maximum atomic E-state index is 12.8. The number of alkyl halides is 2. The molecular formula is C14H15F2NOS. The predicted octanol–water partition coefficient (Wildman–Crippen LogP) is 3.13. The van der Waals surface area contributed by atoms with E-state index in [1.165, 1.54) is 11.3 Å². The Hall–Kier alpha value is -1.30. The fourth-order valence-electron chi connectivity index (χ4n) is 1.68. The normalized spacial score (nSPS) is 11.7. The maximum absolute atomic E-state index is 12.8. The van der Waals surface area contributed by atoms with Crippen LogP contribution in [0.1, 0.15) is 4.88 Å². The molecule has 0 unspecified atom stereocenters. The number of benzene rings is 1. The lowest BCUT2D eigenvalue weighted by Gasteiger charge is -2.13. The molecule has 5 heteroatoms. The molecule has 0 bridgehead atoms. The van der Waals surface area contributed by atoms with Crippen LogP contribution in [-0.2, 0) is 6.54 Å². The van der Waals surface area contributed by atoms with E-state index in [9.17, 15) is 8.78 Å². The fraction of sp³-hybridized carbons (Fsp3) is 0.286. The van der Waals surface area contributed by atoms with Crippen LogP contribution in [0.25, 0.3) is 11.1 Å². The van der Waals surface area contributed by atoms with Gasteiger partial charge in [0.2, 0.25) is 0 Å². The van der Waals surface area contributed by atoms with Crippen molar-refractivity contribution in [3.05, 3.63) is 46.7 Å². The monoisotopic (exact) mass is 283 g/mol. The number of thiophene rings is 1. The van der Waals surface area contributed by atoms with Gasteiger partial charge >= 0.3 is 0 Å². The van der Waals surface area contributed by atoms with E-state index in [0.717, 1.165) is 16.0 Å². The van der Waals surface area contributed by atoms with Gasteiger partial charge in [-0.25, -0.2) is 8.78 Å². The maximum Gasteiger partial charge on any atom is 0.282 e. The third-order valence-corrected chi connectivity index (χ3v) is 3.61. The highest BCUT2D eigenvalue weighted by atomic mass is 32.1. The van der Waals surface area contributed by atoms with E-state index in [0.29, 0.717) is 6.54 Å². The minimum atomic E-state index is -3.06. The van der Waals surface area contributed by atoms with Crippen LogP contribution in [0.2, 0.25) is 0 Å². The van der Waals surface area contributed by atoms with Gasteiger partial charge in [-0.15, -0.1) is 11.3 Å². The van der Waals surface area contributed by atoms with Gasteiger partial charge < -0.3 is 10.4 Å². The molecule has 0 spiro atoms. The second-order valence-corrected chi connectivity index (χ2v) is 5.28. The Bertz CT molecular complexity index is 513. The molecule has 2 rings (SSSR count). The molecule has 1 heterocycles. The van der Waals surface area contributed by atoms with E-state index in [1.807, 2.05) is 41.8 Å². The Balaban J connectivity index is 1.92. The van der Waals surface area contributed by atoms with E-state index >= 15 is 0 Å². The molecular weight excluding hydrogens is 268 g/mol. The zero-order valence-corrected chi connectivity index (χ0v) is 11.1. The molecule has 19 heavy (non-hydrogen) atoms. The molecule has 2 nitrogen and oxygen atoms in total. The highest BCUT2D eigenvalue weighted by Crippen LogP contribution is 2.25. The molecule has 102 valence electrons. The summed E-state index contributed by atoms with van der Waals surface area (Å²) < 4.78 is 25.6. The number of hydrogen-bond acceptors (Lipinski definition) is 3. The van der Waals surface area contributed by atoms with Crippen molar-refractivity contribution >= 4 is 11.3 Å². The van der Waals surface area contributed by atoms with Gasteiger partial charge in [-0.05, 0) is 22.6 Å². The second kappa shape index (κ2) is 6.23. The third-order valence-electron chi connectivity index (χ3n) is 2.68. The molecule has 0 aliphatic rings. The first-order valence-corrected chi connectivity index (χ1v) is 6.81. The number of hydrogen-bond donors (Lipinski definition) is 2. The zero-order chi connectivity index (χ0) is 13.7. The molecule has 0 radical (unpaired) electrons.